The van der Waals surface area contributed by atoms with Crippen LogP contribution in [-0.2, 0) is 0 Å². The van der Waals surface area contributed by atoms with Crippen molar-refractivity contribution in [2.24, 2.45) is 5.92 Å². The van der Waals surface area contributed by atoms with E-state index in [1.54, 1.807) is 0 Å². The number of fused-ring (bicyclic) bond motifs is 1. The fourth-order valence-corrected chi connectivity index (χ4v) is 3.38. The van der Waals surface area contributed by atoms with Crippen LogP contribution in [0.25, 0.3) is 5.65 Å². The number of likely N-dealkylation sites (tertiary alicyclic amines) is 1. The molecule has 4 rings (SSSR count). The minimum atomic E-state index is 0.0399. The maximum absolute atomic E-state index is 12.0. The largest absolute Gasteiger partial charge is 0.476 e. The Morgan fingerprint density at radius 3 is 2.73 bits per heavy atom. The summed E-state index contributed by atoms with van der Waals surface area (Å²) in [5.41, 5.74) is 2.02. The van der Waals surface area contributed by atoms with E-state index in [1.165, 1.54) is 12.8 Å². The Bertz CT molecular complexity index is 775. The molecule has 1 aliphatic heterocycles. The molecule has 0 spiro atoms. The first-order valence-corrected chi connectivity index (χ1v) is 9.63. The standard InChI is InChI=1S/C19H27N5O2/c1-13(2)20-19(25)23-9-7-14(8-10-23)12-26-18-6-5-17-21-16(15-3-4-15)11-24(17)22-18/h5-6,11,13-15H,3-4,7-10,12H2,1-2H3,(H,20,25). The van der Waals surface area contributed by atoms with Crippen molar-refractivity contribution in [1.29, 1.82) is 0 Å². The van der Waals surface area contributed by atoms with E-state index in [2.05, 4.69) is 15.4 Å². The van der Waals surface area contributed by atoms with E-state index in [1.807, 2.05) is 41.6 Å². The average Bonchev–Trinajstić information content (AvgIpc) is 3.39. The normalized spacial score (nSPS) is 18.5. The van der Waals surface area contributed by atoms with Crippen molar-refractivity contribution >= 4 is 11.7 Å². The van der Waals surface area contributed by atoms with Crippen molar-refractivity contribution in [3.8, 4) is 5.88 Å². The second-order valence-electron chi connectivity index (χ2n) is 7.76. The minimum Gasteiger partial charge on any atom is -0.476 e. The zero-order chi connectivity index (χ0) is 18.1. The summed E-state index contributed by atoms with van der Waals surface area (Å²) in [5.74, 6) is 1.72. The number of imidazole rings is 1. The molecule has 26 heavy (non-hydrogen) atoms. The highest BCUT2D eigenvalue weighted by Crippen LogP contribution is 2.39. The fourth-order valence-electron chi connectivity index (χ4n) is 3.38. The zero-order valence-electron chi connectivity index (χ0n) is 15.5. The maximum atomic E-state index is 12.0. The lowest BCUT2D eigenvalue weighted by Crippen LogP contribution is -2.47. The molecular formula is C19H27N5O2. The van der Waals surface area contributed by atoms with Crippen LogP contribution in [0.3, 0.4) is 0 Å². The van der Waals surface area contributed by atoms with E-state index in [-0.39, 0.29) is 12.1 Å². The molecule has 0 atom stereocenters. The van der Waals surface area contributed by atoms with Gasteiger partial charge in [-0.2, -0.15) is 0 Å². The number of ether oxygens (including phenoxy) is 1. The van der Waals surface area contributed by atoms with Gasteiger partial charge in [-0.1, -0.05) is 0 Å². The van der Waals surface area contributed by atoms with Gasteiger partial charge in [0, 0.05) is 31.1 Å². The van der Waals surface area contributed by atoms with Crippen LogP contribution in [0.4, 0.5) is 4.79 Å². The lowest BCUT2D eigenvalue weighted by atomic mass is 9.98. The van der Waals surface area contributed by atoms with E-state index in [0.717, 1.165) is 37.3 Å². The monoisotopic (exact) mass is 357 g/mol. The minimum absolute atomic E-state index is 0.0399. The van der Waals surface area contributed by atoms with Gasteiger partial charge >= 0.3 is 6.03 Å². The quantitative estimate of drug-likeness (QED) is 0.893. The molecule has 7 nitrogen and oxygen atoms in total. The summed E-state index contributed by atoms with van der Waals surface area (Å²) in [6, 6.07) is 4.07. The fraction of sp³-hybridized carbons (Fsp3) is 0.632. The molecule has 2 amide bonds. The van der Waals surface area contributed by atoms with Gasteiger partial charge in [-0.05, 0) is 51.5 Å². The van der Waals surface area contributed by atoms with Crippen molar-refractivity contribution in [2.75, 3.05) is 19.7 Å². The molecule has 2 aromatic heterocycles. The summed E-state index contributed by atoms with van der Waals surface area (Å²) in [4.78, 5) is 18.5. The lowest BCUT2D eigenvalue weighted by Gasteiger charge is -2.32. The number of carbonyl (C=O) groups is 1. The molecule has 1 aliphatic carbocycles. The summed E-state index contributed by atoms with van der Waals surface area (Å²) in [6.45, 7) is 6.17. The van der Waals surface area contributed by atoms with Crippen LogP contribution in [0.5, 0.6) is 5.88 Å². The predicted molar refractivity (Wildman–Crippen MR) is 98.4 cm³/mol. The summed E-state index contributed by atoms with van der Waals surface area (Å²) in [5, 5.41) is 7.48. The van der Waals surface area contributed by atoms with Crippen LogP contribution < -0.4 is 10.1 Å². The van der Waals surface area contributed by atoms with Gasteiger partial charge in [0.2, 0.25) is 5.88 Å². The molecule has 2 aliphatic rings. The average molecular weight is 357 g/mol. The molecule has 1 saturated carbocycles. The number of nitrogens with zero attached hydrogens (tertiary/aromatic N) is 4. The van der Waals surface area contributed by atoms with Crippen LogP contribution in [0.2, 0.25) is 0 Å². The van der Waals surface area contributed by atoms with Crippen molar-refractivity contribution in [3.05, 3.63) is 24.0 Å². The molecule has 1 N–H and O–H groups in total. The molecule has 1 saturated heterocycles. The van der Waals surface area contributed by atoms with Crippen LogP contribution in [0, 0.1) is 5.92 Å². The highest BCUT2D eigenvalue weighted by molar-refractivity contribution is 5.74. The molecule has 140 valence electrons. The van der Waals surface area contributed by atoms with E-state index in [4.69, 9.17) is 4.74 Å². The lowest BCUT2D eigenvalue weighted by molar-refractivity contribution is 0.141. The van der Waals surface area contributed by atoms with Gasteiger partial charge in [0.15, 0.2) is 5.65 Å². The molecule has 0 bridgehead atoms. The number of hydrogen-bond donors (Lipinski definition) is 1. The number of urea groups is 1. The molecule has 7 heteroatoms. The van der Waals surface area contributed by atoms with E-state index in [0.29, 0.717) is 24.3 Å². The van der Waals surface area contributed by atoms with Crippen molar-refractivity contribution in [1.82, 2.24) is 24.8 Å². The van der Waals surface area contributed by atoms with Gasteiger partial charge in [0.25, 0.3) is 0 Å². The Balaban J connectivity index is 1.28. The first kappa shape index (κ1) is 17.1. The third-order valence-electron chi connectivity index (χ3n) is 5.09. The molecule has 0 aromatic carbocycles. The van der Waals surface area contributed by atoms with Gasteiger partial charge in [-0.3, -0.25) is 0 Å². The Kier molecular flexibility index (Phi) is 4.70. The number of aromatic nitrogens is 3. The van der Waals surface area contributed by atoms with E-state index >= 15 is 0 Å². The van der Waals surface area contributed by atoms with E-state index < -0.39 is 0 Å². The first-order chi connectivity index (χ1) is 12.6. The van der Waals surface area contributed by atoms with Gasteiger partial charge in [0.1, 0.15) is 0 Å². The van der Waals surface area contributed by atoms with Gasteiger partial charge in [0.05, 0.1) is 18.5 Å². The SMILES string of the molecule is CC(C)NC(=O)N1CCC(COc2ccc3nc(C4CC4)cn3n2)CC1. The predicted octanol–water partition coefficient (Wildman–Crippen LogP) is 2.82. The molecule has 0 radical (unpaired) electrons. The third-order valence-corrected chi connectivity index (χ3v) is 5.09. The molecule has 3 heterocycles. The van der Waals surface area contributed by atoms with Gasteiger partial charge in [-0.25, -0.2) is 14.3 Å². The Labute approximate surface area is 153 Å². The molecular weight excluding hydrogens is 330 g/mol. The first-order valence-electron chi connectivity index (χ1n) is 9.63. The van der Waals surface area contributed by atoms with Crippen LogP contribution >= 0.6 is 0 Å². The summed E-state index contributed by atoms with van der Waals surface area (Å²) in [7, 11) is 0. The zero-order valence-corrected chi connectivity index (χ0v) is 15.5. The van der Waals surface area contributed by atoms with Crippen molar-refractivity contribution in [3.63, 3.8) is 0 Å². The van der Waals surface area contributed by atoms with E-state index in [9.17, 15) is 4.79 Å². The van der Waals surface area contributed by atoms with Crippen LogP contribution in [0.15, 0.2) is 18.3 Å². The third kappa shape index (κ3) is 3.92. The number of hydrogen-bond acceptors (Lipinski definition) is 4. The Hall–Kier alpha value is -2.31. The number of rotatable bonds is 5. The second kappa shape index (κ2) is 7.13. The Morgan fingerprint density at radius 2 is 2.04 bits per heavy atom. The number of carbonyl (C=O) groups excluding carboxylic acids is 1. The summed E-state index contributed by atoms with van der Waals surface area (Å²) in [6.07, 6.45) is 6.42. The summed E-state index contributed by atoms with van der Waals surface area (Å²) < 4.78 is 7.74. The molecule has 2 aromatic rings. The maximum Gasteiger partial charge on any atom is 0.317 e. The van der Waals surface area contributed by atoms with Crippen LogP contribution in [-0.4, -0.2) is 51.3 Å². The smallest absolute Gasteiger partial charge is 0.317 e. The number of nitrogens with one attached hydrogen (secondary N) is 1. The molecule has 2 fully saturated rings. The van der Waals surface area contributed by atoms with Crippen LogP contribution in [0.1, 0.15) is 51.1 Å². The summed E-state index contributed by atoms with van der Waals surface area (Å²) >= 11 is 0. The van der Waals surface area contributed by atoms with Gasteiger partial charge in [-0.15, -0.1) is 5.10 Å². The van der Waals surface area contributed by atoms with Crippen molar-refractivity contribution < 1.29 is 9.53 Å². The number of piperidine rings is 1. The van der Waals surface area contributed by atoms with Gasteiger partial charge < -0.3 is 15.0 Å². The molecule has 0 unspecified atom stereocenters. The topological polar surface area (TPSA) is 71.8 Å². The number of amides is 2. The second-order valence-corrected chi connectivity index (χ2v) is 7.76. The van der Waals surface area contributed by atoms with Crippen molar-refractivity contribution in [2.45, 2.75) is 51.5 Å². The Morgan fingerprint density at radius 1 is 1.27 bits per heavy atom. The highest BCUT2D eigenvalue weighted by atomic mass is 16.5. The highest BCUT2D eigenvalue weighted by Gasteiger charge is 2.26.